The van der Waals surface area contributed by atoms with Crippen LogP contribution in [-0.4, -0.2) is 85.2 Å². The fourth-order valence-electron chi connectivity index (χ4n) is 4.62. The molecule has 0 radical (unpaired) electrons. The van der Waals surface area contributed by atoms with E-state index in [1.54, 1.807) is 11.0 Å². The third kappa shape index (κ3) is 5.76. The lowest BCUT2D eigenvalue weighted by molar-refractivity contribution is -0.0662. The highest BCUT2D eigenvalue weighted by atomic mass is 19.1. The Balaban J connectivity index is 1.18. The Morgan fingerprint density at radius 1 is 1.27 bits per heavy atom. The summed E-state index contributed by atoms with van der Waals surface area (Å²) in [5.41, 5.74) is 0.125. The molecule has 1 atom stereocenters. The van der Waals surface area contributed by atoms with E-state index in [2.05, 4.69) is 41.2 Å². The molecule has 0 spiro atoms. The number of benzene rings is 1. The van der Waals surface area contributed by atoms with Gasteiger partial charge in [0.15, 0.2) is 0 Å². The highest BCUT2D eigenvalue weighted by Gasteiger charge is 2.32. The van der Waals surface area contributed by atoms with Crippen molar-refractivity contribution in [2.45, 2.75) is 51.9 Å². The van der Waals surface area contributed by atoms with Gasteiger partial charge in [-0.25, -0.2) is 9.29 Å². The van der Waals surface area contributed by atoms with Crippen molar-refractivity contribution in [3.63, 3.8) is 0 Å². The Hall–Kier alpha value is -2.39. The highest BCUT2D eigenvalue weighted by molar-refractivity contribution is 5.94. The number of rotatable bonds is 8. The number of likely N-dealkylation sites (N-methyl/N-ethyl adjacent to an activating group) is 1. The number of halogens is 1. The number of hydrogen-bond acceptors (Lipinski definition) is 7. The number of ether oxygens (including phenoxy) is 1. The first-order valence-corrected chi connectivity index (χ1v) is 12.1. The first-order chi connectivity index (χ1) is 15.9. The molecule has 1 aromatic rings. The zero-order valence-corrected chi connectivity index (χ0v) is 19.9. The molecule has 3 aliphatic rings. The van der Waals surface area contributed by atoms with Crippen molar-refractivity contribution < 1.29 is 18.8 Å². The van der Waals surface area contributed by atoms with Crippen LogP contribution in [0.4, 0.5) is 4.39 Å². The van der Waals surface area contributed by atoms with Crippen LogP contribution in [0.2, 0.25) is 0 Å². The van der Waals surface area contributed by atoms with Gasteiger partial charge in [-0.05, 0) is 44.9 Å². The van der Waals surface area contributed by atoms with Gasteiger partial charge in [0.1, 0.15) is 24.0 Å². The molecule has 0 aromatic heterocycles. The second-order valence-electron chi connectivity index (χ2n) is 9.47. The van der Waals surface area contributed by atoms with Crippen molar-refractivity contribution in [3.05, 3.63) is 29.6 Å². The molecular weight excluding hydrogens is 425 g/mol. The van der Waals surface area contributed by atoms with Crippen LogP contribution in [0.15, 0.2) is 23.4 Å². The van der Waals surface area contributed by atoms with Crippen molar-refractivity contribution in [3.8, 4) is 5.75 Å². The number of nitrogens with zero attached hydrogens (tertiary/aromatic N) is 4. The quantitative estimate of drug-likeness (QED) is 0.642. The van der Waals surface area contributed by atoms with Gasteiger partial charge in [-0.15, -0.1) is 0 Å². The minimum absolute atomic E-state index is 0.125. The molecular formula is C24H36FN5O3. The third-order valence-corrected chi connectivity index (χ3v) is 6.80. The van der Waals surface area contributed by atoms with Gasteiger partial charge in [-0.1, -0.05) is 19.0 Å². The van der Waals surface area contributed by atoms with E-state index in [4.69, 9.17) is 9.57 Å². The molecule has 182 valence electrons. The number of amidine groups is 1. The molecule has 0 bridgehead atoms. The van der Waals surface area contributed by atoms with Crippen LogP contribution < -0.4 is 10.1 Å². The zero-order chi connectivity index (χ0) is 23.4. The minimum atomic E-state index is -0.516. The summed E-state index contributed by atoms with van der Waals surface area (Å²) in [5.74, 6) is 0.944. The molecule has 0 saturated carbocycles. The molecule has 9 heteroatoms. The molecule has 33 heavy (non-hydrogen) atoms. The van der Waals surface area contributed by atoms with Crippen LogP contribution in [0.25, 0.3) is 0 Å². The van der Waals surface area contributed by atoms with Crippen molar-refractivity contribution >= 4 is 11.7 Å². The summed E-state index contributed by atoms with van der Waals surface area (Å²) in [7, 11) is 2.10. The highest BCUT2D eigenvalue weighted by Crippen LogP contribution is 2.22. The Labute approximate surface area is 195 Å². The second kappa shape index (κ2) is 10.7. The summed E-state index contributed by atoms with van der Waals surface area (Å²) < 4.78 is 20.3. The number of carbonyl (C=O) groups is 1. The maximum atomic E-state index is 14.5. The third-order valence-electron chi connectivity index (χ3n) is 6.80. The number of likely N-dealkylation sites (tertiary alicyclic amines) is 2. The maximum absolute atomic E-state index is 14.5. The van der Waals surface area contributed by atoms with E-state index in [0.717, 1.165) is 51.2 Å². The molecule has 2 saturated heterocycles. The topological polar surface area (TPSA) is 69.6 Å². The van der Waals surface area contributed by atoms with Crippen LogP contribution in [0, 0.1) is 11.7 Å². The lowest BCUT2D eigenvalue weighted by atomic mass is 10.0. The molecule has 3 heterocycles. The second-order valence-corrected chi connectivity index (χ2v) is 9.47. The molecule has 1 amide bonds. The number of amides is 1. The van der Waals surface area contributed by atoms with E-state index in [-0.39, 0.29) is 17.8 Å². The molecule has 1 unspecified atom stereocenters. The van der Waals surface area contributed by atoms with Gasteiger partial charge in [0, 0.05) is 50.7 Å². The van der Waals surface area contributed by atoms with Crippen LogP contribution in [0.1, 0.15) is 49.9 Å². The molecule has 1 N–H and O–H groups in total. The first kappa shape index (κ1) is 23.8. The molecule has 8 nitrogen and oxygen atoms in total. The summed E-state index contributed by atoms with van der Waals surface area (Å²) in [5, 5.41) is 7.50. The Morgan fingerprint density at radius 2 is 2.00 bits per heavy atom. The van der Waals surface area contributed by atoms with Gasteiger partial charge < -0.3 is 19.8 Å². The normalized spacial score (nSPS) is 21.9. The van der Waals surface area contributed by atoms with Gasteiger partial charge >= 0.3 is 0 Å². The number of nitrogens with one attached hydrogen (secondary N) is 1. The lowest BCUT2D eigenvalue weighted by Gasteiger charge is -2.38. The average Bonchev–Trinajstić information content (AvgIpc) is 3.51. The van der Waals surface area contributed by atoms with E-state index >= 15 is 0 Å². The van der Waals surface area contributed by atoms with Gasteiger partial charge in [-0.2, -0.15) is 0 Å². The predicted molar refractivity (Wildman–Crippen MR) is 125 cm³/mol. The fourth-order valence-corrected chi connectivity index (χ4v) is 4.62. The molecule has 1 aromatic carbocycles. The maximum Gasteiger partial charge on any atom is 0.256 e. The Morgan fingerprint density at radius 3 is 2.64 bits per heavy atom. The predicted octanol–water partition coefficient (Wildman–Crippen LogP) is 2.71. The van der Waals surface area contributed by atoms with Crippen LogP contribution in [0.5, 0.6) is 5.75 Å². The summed E-state index contributed by atoms with van der Waals surface area (Å²) >= 11 is 0. The number of oxime groups is 1. The van der Waals surface area contributed by atoms with E-state index in [9.17, 15) is 9.18 Å². The molecule has 0 aliphatic carbocycles. The lowest BCUT2D eigenvalue weighted by Crippen LogP contribution is -2.52. The Bertz CT molecular complexity index is 851. The van der Waals surface area contributed by atoms with Crippen molar-refractivity contribution in [2.24, 2.45) is 11.1 Å². The number of hydrogen-bond donors (Lipinski definition) is 1. The number of piperidine rings is 1. The van der Waals surface area contributed by atoms with Gasteiger partial charge in [-0.3, -0.25) is 9.69 Å². The molecule has 4 rings (SSSR count). The summed E-state index contributed by atoms with van der Waals surface area (Å²) in [6, 6.07) is 5.02. The fraction of sp³-hybridized carbons (Fsp3) is 0.667. The Kier molecular flexibility index (Phi) is 7.70. The first-order valence-electron chi connectivity index (χ1n) is 12.1. The van der Waals surface area contributed by atoms with E-state index in [0.29, 0.717) is 37.4 Å². The van der Waals surface area contributed by atoms with Gasteiger partial charge in [0.2, 0.25) is 0 Å². The van der Waals surface area contributed by atoms with Crippen molar-refractivity contribution in [2.75, 3.05) is 46.4 Å². The largest absolute Gasteiger partial charge is 0.492 e. The van der Waals surface area contributed by atoms with Crippen LogP contribution in [-0.2, 0) is 4.84 Å². The molecule has 3 aliphatic heterocycles. The van der Waals surface area contributed by atoms with Crippen LogP contribution >= 0.6 is 0 Å². The smallest absolute Gasteiger partial charge is 0.256 e. The van der Waals surface area contributed by atoms with E-state index in [1.807, 2.05) is 0 Å². The van der Waals surface area contributed by atoms with Gasteiger partial charge in [0.05, 0.1) is 5.56 Å². The molecule has 2 fully saturated rings. The van der Waals surface area contributed by atoms with Gasteiger partial charge in [0.25, 0.3) is 12.3 Å². The summed E-state index contributed by atoms with van der Waals surface area (Å²) in [6.07, 6.45) is 3.89. The van der Waals surface area contributed by atoms with Crippen molar-refractivity contribution in [1.82, 2.24) is 20.0 Å². The SMILES string of the molecule is CC(C)C1=NOC(N2CCC(N(C)CCOc3ccc(C(=O)N4CCCC4)c(F)c3)CC2)N1. The monoisotopic (exact) mass is 461 g/mol. The standard InChI is InChI=1S/C24H36FN5O3/c1-17(2)22-26-24(33-27-22)30-12-8-18(9-13-30)28(3)14-15-32-19-6-7-20(21(25)16-19)23(31)29-10-4-5-11-29/h6-7,16-18,24H,4-5,8-15H2,1-3H3,(H,26,27). The number of carbonyl (C=O) groups excluding carboxylic acids is 1. The van der Waals surface area contributed by atoms with E-state index < -0.39 is 5.82 Å². The minimum Gasteiger partial charge on any atom is -0.492 e. The van der Waals surface area contributed by atoms with E-state index in [1.165, 1.54) is 12.1 Å². The average molecular weight is 462 g/mol. The van der Waals surface area contributed by atoms with Crippen molar-refractivity contribution in [1.29, 1.82) is 0 Å². The summed E-state index contributed by atoms with van der Waals surface area (Å²) in [4.78, 5) is 24.3. The zero-order valence-electron chi connectivity index (χ0n) is 19.9. The van der Waals surface area contributed by atoms with Crippen LogP contribution in [0.3, 0.4) is 0 Å². The summed E-state index contributed by atoms with van der Waals surface area (Å²) in [6.45, 7) is 8.69.